The van der Waals surface area contributed by atoms with E-state index in [4.69, 9.17) is 0 Å². The van der Waals surface area contributed by atoms with Crippen LogP contribution in [0.15, 0.2) is 29.4 Å². The third-order valence-electron chi connectivity index (χ3n) is 2.28. The van der Waals surface area contributed by atoms with Crippen LogP contribution in [0.3, 0.4) is 0 Å². The summed E-state index contributed by atoms with van der Waals surface area (Å²) in [6.07, 6.45) is 6.41. The maximum absolute atomic E-state index is 11.6. The van der Waals surface area contributed by atoms with Gasteiger partial charge in [-0.1, -0.05) is 12.1 Å². The number of aromatic nitrogens is 3. The molecule has 0 aliphatic rings. The van der Waals surface area contributed by atoms with Gasteiger partial charge in [0.1, 0.15) is 0 Å². The van der Waals surface area contributed by atoms with Crippen molar-refractivity contribution in [2.75, 3.05) is 0 Å². The van der Waals surface area contributed by atoms with Gasteiger partial charge in [-0.3, -0.25) is 4.79 Å². The quantitative estimate of drug-likeness (QED) is 0.720. The van der Waals surface area contributed by atoms with Gasteiger partial charge in [-0.25, -0.2) is 0 Å². The fourth-order valence-electron chi connectivity index (χ4n) is 1.50. The molecule has 0 saturated heterocycles. The minimum absolute atomic E-state index is 0.175. The van der Waals surface area contributed by atoms with Crippen LogP contribution >= 0.6 is 0 Å². The van der Waals surface area contributed by atoms with Gasteiger partial charge in [0.15, 0.2) is 11.6 Å². The van der Waals surface area contributed by atoms with Gasteiger partial charge in [-0.15, -0.1) is 0 Å². The molecule has 2 rings (SSSR count). The Morgan fingerprint density at radius 1 is 1.56 bits per heavy atom. The van der Waals surface area contributed by atoms with E-state index in [0.717, 1.165) is 12.0 Å². The molecule has 0 aromatic carbocycles. The van der Waals surface area contributed by atoms with Crippen LogP contribution in [-0.2, 0) is 6.54 Å². The average Bonchev–Trinajstić information content (AvgIpc) is 2.90. The van der Waals surface area contributed by atoms with Crippen molar-refractivity contribution < 1.29 is 9.32 Å². The monoisotopic (exact) mass is 219 g/mol. The van der Waals surface area contributed by atoms with Crippen molar-refractivity contribution in [3.63, 3.8) is 0 Å². The third kappa shape index (κ3) is 2.36. The molecular weight excluding hydrogens is 206 g/mol. The van der Waals surface area contributed by atoms with Crippen molar-refractivity contribution in [1.82, 2.24) is 14.7 Å². The van der Waals surface area contributed by atoms with E-state index >= 15 is 0 Å². The van der Waals surface area contributed by atoms with Crippen molar-refractivity contribution >= 4 is 5.78 Å². The molecular formula is C11H13N3O2. The highest BCUT2D eigenvalue weighted by molar-refractivity contribution is 5.95. The summed E-state index contributed by atoms with van der Waals surface area (Å²) in [4.78, 5) is 15.5. The summed E-state index contributed by atoms with van der Waals surface area (Å²) in [6, 6.07) is 1.82. The summed E-state index contributed by atoms with van der Waals surface area (Å²) in [5.41, 5.74) is 0.741. The van der Waals surface area contributed by atoms with Gasteiger partial charge < -0.3 is 9.09 Å². The molecule has 0 N–H and O–H groups in total. The second-order valence-corrected chi connectivity index (χ2v) is 3.59. The molecule has 2 heterocycles. The molecule has 16 heavy (non-hydrogen) atoms. The first kappa shape index (κ1) is 10.6. The maximum atomic E-state index is 11.6. The predicted octanol–water partition coefficient (Wildman–Crippen LogP) is 1.90. The Labute approximate surface area is 93.1 Å². The highest BCUT2D eigenvalue weighted by Crippen LogP contribution is 2.07. The van der Waals surface area contributed by atoms with E-state index in [1.165, 1.54) is 6.39 Å². The Bertz CT molecular complexity index is 459. The molecule has 0 aliphatic carbocycles. The zero-order valence-electron chi connectivity index (χ0n) is 9.09. The van der Waals surface area contributed by atoms with E-state index in [2.05, 4.69) is 14.7 Å². The highest BCUT2D eigenvalue weighted by atomic mass is 16.5. The molecule has 0 unspecified atom stereocenters. The zero-order chi connectivity index (χ0) is 11.4. The highest BCUT2D eigenvalue weighted by Gasteiger charge is 2.07. The van der Waals surface area contributed by atoms with E-state index in [-0.39, 0.29) is 5.78 Å². The number of hydrogen-bond acceptors (Lipinski definition) is 4. The van der Waals surface area contributed by atoms with Gasteiger partial charge in [0.25, 0.3) is 0 Å². The minimum atomic E-state index is 0.175. The van der Waals surface area contributed by atoms with Crippen molar-refractivity contribution in [3.05, 3.63) is 36.2 Å². The standard InChI is InChI=1S/C11H13N3O2/c1-2-3-10(15)9-4-5-14(6-9)7-11-12-8-16-13-11/h4-6,8H,2-3,7H2,1H3. The Morgan fingerprint density at radius 2 is 2.44 bits per heavy atom. The lowest BCUT2D eigenvalue weighted by Crippen LogP contribution is -2.00. The molecule has 0 fully saturated rings. The van der Waals surface area contributed by atoms with Crippen molar-refractivity contribution in [2.24, 2.45) is 0 Å². The molecule has 0 atom stereocenters. The van der Waals surface area contributed by atoms with Crippen LogP contribution < -0.4 is 0 Å². The van der Waals surface area contributed by atoms with Gasteiger partial charge in [-0.2, -0.15) is 4.98 Å². The first-order valence-corrected chi connectivity index (χ1v) is 5.24. The van der Waals surface area contributed by atoms with Gasteiger partial charge >= 0.3 is 0 Å². The van der Waals surface area contributed by atoms with Gasteiger partial charge in [0.2, 0.25) is 6.39 Å². The number of rotatable bonds is 5. The molecule has 5 heteroatoms. The first-order valence-electron chi connectivity index (χ1n) is 5.24. The summed E-state index contributed by atoms with van der Waals surface area (Å²) >= 11 is 0. The fraction of sp³-hybridized carbons (Fsp3) is 0.364. The minimum Gasteiger partial charge on any atom is -0.346 e. The lowest BCUT2D eigenvalue weighted by molar-refractivity contribution is 0.0981. The summed E-state index contributed by atoms with van der Waals surface area (Å²) in [7, 11) is 0. The largest absolute Gasteiger partial charge is 0.346 e. The number of nitrogens with zero attached hydrogens (tertiary/aromatic N) is 3. The van der Waals surface area contributed by atoms with Crippen LogP contribution in [0.4, 0.5) is 0 Å². The van der Waals surface area contributed by atoms with Crippen molar-refractivity contribution in [1.29, 1.82) is 0 Å². The number of hydrogen-bond donors (Lipinski definition) is 0. The molecule has 2 aromatic rings. The molecule has 2 aromatic heterocycles. The van der Waals surface area contributed by atoms with E-state index in [9.17, 15) is 4.79 Å². The second-order valence-electron chi connectivity index (χ2n) is 3.59. The van der Waals surface area contributed by atoms with Crippen molar-refractivity contribution in [2.45, 2.75) is 26.3 Å². The Kier molecular flexibility index (Phi) is 3.14. The summed E-state index contributed by atoms with van der Waals surface area (Å²) in [5, 5.41) is 3.71. The van der Waals surface area contributed by atoms with Gasteiger partial charge in [0, 0.05) is 24.4 Å². The normalized spacial score (nSPS) is 10.6. The first-order chi connectivity index (χ1) is 7.79. The topological polar surface area (TPSA) is 60.9 Å². The van der Waals surface area contributed by atoms with Crippen LogP contribution in [-0.4, -0.2) is 20.5 Å². The van der Waals surface area contributed by atoms with E-state index < -0.39 is 0 Å². The van der Waals surface area contributed by atoms with Crippen molar-refractivity contribution in [3.8, 4) is 0 Å². The number of carbonyl (C=O) groups is 1. The average molecular weight is 219 g/mol. The zero-order valence-corrected chi connectivity index (χ0v) is 9.09. The van der Waals surface area contributed by atoms with Gasteiger partial charge in [0.05, 0.1) is 6.54 Å². The molecule has 5 nitrogen and oxygen atoms in total. The molecule has 0 radical (unpaired) electrons. The van der Waals surface area contributed by atoms with E-state index in [1.807, 2.05) is 30.0 Å². The fourth-order valence-corrected chi connectivity index (χ4v) is 1.50. The van der Waals surface area contributed by atoms with Crippen LogP contribution in [0.25, 0.3) is 0 Å². The van der Waals surface area contributed by atoms with Crippen LogP contribution in [0.5, 0.6) is 0 Å². The Morgan fingerprint density at radius 3 is 3.12 bits per heavy atom. The summed E-state index contributed by atoms with van der Waals surface area (Å²) < 4.78 is 6.51. The number of carbonyl (C=O) groups excluding carboxylic acids is 1. The SMILES string of the molecule is CCCC(=O)c1ccn(Cc2ncon2)c1. The predicted molar refractivity (Wildman–Crippen MR) is 57.1 cm³/mol. The molecule has 0 amide bonds. The smallest absolute Gasteiger partial charge is 0.213 e. The second kappa shape index (κ2) is 4.74. The van der Waals surface area contributed by atoms with E-state index in [1.54, 1.807) is 0 Å². The third-order valence-corrected chi connectivity index (χ3v) is 2.28. The van der Waals surface area contributed by atoms with E-state index in [0.29, 0.717) is 18.8 Å². The molecule has 84 valence electrons. The van der Waals surface area contributed by atoms with Crippen LogP contribution in [0, 0.1) is 0 Å². The Balaban J connectivity index is 2.05. The lowest BCUT2D eigenvalue weighted by Gasteiger charge is -1.96. The maximum Gasteiger partial charge on any atom is 0.213 e. The van der Waals surface area contributed by atoms with Crippen LogP contribution in [0.2, 0.25) is 0 Å². The molecule has 0 saturated carbocycles. The summed E-state index contributed by atoms with van der Waals surface area (Å²) in [5.74, 6) is 0.777. The molecule has 0 bridgehead atoms. The van der Waals surface area contributed by atoms with Crippen LogP contribution in [0.1, 0.15) is 35.9 Å². The molecule has 0 spiro atoms. The molecule has 0 aliphatic heterocycles. The number of Topliss-reactive ketones (excluding diaryl/α,β-unsaturated/α-hetero) is 1. The Hall–Kier alpha value is -1.91. The number of ketones is 1. The summed E-state index contributed by atoms with van der Waals surface area (Å²) in [6.45, 7) is 2.52. The lowest BCUT2D eigenvalue weighted by atomic mass is 10.1. The van der Waals surface area contributed by atoms with Gasteiger partial charge in [-0.05, 0) is 12.5 Å².